The number of carbonyl (C=O) groups excluding carboxylic acids is 1. The van der Waals surface area contributed by atoms with Gasteiger partial charge in [0.25, 0.3) is 5.91 Å². The molecule has 1 aromatic rings. The zero-order valence-corrected chi connectivity index (χ0v) is 15.0. The van der Waals surface area contributed by atoms with Crippen molar-refractivity contribution >= 4 is 23.2 Å². The second-order valence-corrected chi connectivity index (χ2v) is 6.15. The van der Waals surface area contributed by atoms with Gasteiger partial charge in [-0.25, -0.2) is 0 Å². The standard InChI is InChI=1S/C17H27N3O2S/c1-4-5-12-22-15-8-6-14(7-9-15)16(21)19-20-17(23)18-11-10-13(2)3/h6-9,13H,4-5,10-12H2,1-3H3,(H,19,21)(H2,18,20,23). The minimum absolute atomic E-state index is 0.238. The van der Waals surface area contributed by atoms with Crippen LogP contribution in [0.25, 0.3) is 0 Å². The lowest BCUT2D eigenvalue weighted by atomic mass is 10.1. The van der Waals surface area contributed by atoms with Crippen LogP contribution in [-0.2, 0) is 0 Å². The van der Waals surface area contributed by atoms with E-state index in [1.165, 1.54) is 0 Å². The normalized spacial score (nSPS) is 10.3. The number of carbonyl (C=O) groups is 1. The minimum atomic E-state index is -0.238. The third-order valence-corrected chi connectivity index (χ3v) is 3.43. The Bertz CT molecular complexity index is 489. The van der Waals surface area contributed by atoms with Crippen LogP contribution in [0.1, 0.15) is 50.4 Å². The first kappa shape index (κ1) is 19.2. The summed E-state index contributed by atoms with van der Waals surface area (Å²) in [6, 6.07) is 7.05. The molecule has 1 rings (SSSR count). The number of ether oxygens (including phenoxy) is 1. The third-order valence-electron chi connectivity index (χ3n) is 3.18. The maximum Gasteiger partial charge on any atom is 0.269 e. The highest BCUT2D eigenvalue weighted by Crippen LogP contribution is 2.12. The fourth-order valence-electron chi connectivity index (χ4n) is 1.74. The van der Waals surface area contributed by atoms with E-state index in [-0.39, 0.29) is 5.91 Å². The van der Waals surface area contributed by atoms with Crippen molar-refractivity contribution in [1.82, 2.24) is 16.2 Å². The molecule has 0 fully saturated rings. The highest BCUT2D eigenvalue weighted by atomic mass is 32.1. The van der Waals surface area contributed by atoms with Gasteiger partial charge in [0.05, 0.1) is 6.61 Å². The minimum Gasteiger partial charge on any atom is -0.494 e. The Labute approximate surface area is 144 Å². The van der Waals surface area contributed by atoms with Crippen LogP contribution in [0.5, 0.6) is 5.75 Å². The van der Waals surface area contributed by atoms with Gasteiger partial charge in [-0.2, -0.15) is 0 Å². The van der Waals surface area contributed by atoms with Crippen LogP contribution in [0, 0.1) is 5.92 Å². The number of hydrogen-bond donors (Lipinski definition) is 3. The van der Waals surface area contributed by atoms with E-state index in [0.29, 0.717) is 23.2 Å². The molecule has 128 valence electrons. The number of hydrazine groups is 1. The molecule has 0 heterocycles. The molecular formula is C17H27N3O2S. The van der Waals surface area contributed by atoms with Gasteiger partial charge in [-0.3, -0.25) is 15.6 Å². The third kappa shape index (κ3) is 8.40. The Balaban J connectivity index is 2.32. The van der Waals surface area contributed by atoms with E-state index in [0.717, 1.165) is 31.6 Å². The van der Waals surface area contributed by atoms with Crippen molar-refractivity contribution in [3.8, 4) is 5.75 Å². The van der Waals surface area contributed by atoms with Crippen molar-refractivity contribution in [1.29, 1.82) is 0 Å². The molecule has 0 aliphatic rings. The number of benzene rings is 1. The quantitative estimate of drug-likeness (QED) is 0.387. The Morgan fingerprint density at radius 1 is 1.22 bits per heavy atom. The number of nitrogens with one attached hydrogen (secondary N) is 3. The van der Waals surface area contributed by atoms with Gasteiger partial charge in [-0.15, -0.1) is 0 Å². The summed E-state index contributed by atoms with van der Waals surface area (Å²) in [5.74, 6) is 1.14. The molecular weight excluding hydrogens is 310 g/mol. The van der Waals surface area contributed by atoms with Crippen molar-refractivity contribution in [2.75, 3.05) is 13.2 Å². The fourth-order valence-corrected chi connectivity index (χ4v) is 1.89. The van der Waals surface area contributed by atoms with Crippen molar-refractivity contribution in [3.63, 3.8) is 0 Å². The number of unbranched alkanes of at least 4 members (excludes halogenated alkanes) is 1. The van der Waals surface area contributed by atoms with Gasteiger partial charge in [0.1, 0.15) is 5.75 Å². The molecule has 6 heteroatoms. The van der Waals surface area contributed by atoms with Gasteiger partial charge in [0.2, 0.25) is 0 Å². The summed E-state index contributed by atoms with van der Waals surface area (Å²) in [4.78, 5) is 12.0. The van der Waals surface area contributed by atoms with Gasteiger partial charge in [0, 0.05) is 12.1 Å². The topological polar surface area (TPSA) is 62.4 Å². The first-order valence-electron chi connectivity index (χ1n) is 8.10. The van der Waals surface area contributed by atoms with Crippen LogP contribution in [0.4, 0.5) is 0 Å². The van der Waals surface area contributed by atoms with E-state index in [9.17, 15) is 4.79 Å². The molecule has 0 unspecified atom stereocenters. The zero-order chi connectivity index (χ0) is 17.1. The molecule has 1 aromatic carbocycles. The average molecular weight is 337 g/mol. The Morgan fingerprint density at radius 3 is 2.52 bits per heavy atom. The van der Waals surface area contributed by atoms with Gasteiger partial charge < -0.3 is 10.1 Å². The Morgan fingerprint density at radius 2 is 1.91 bits per heavy atom. The predicted molar refractivity (Wildman–Crippen MR) is 97.5 cm³/mol. The number of amides is 1. The molecule has 0 aliphatic heterocycles. The monoisotopic (exact) mass is 337 g/mol. The van der Waals surface area contributed by atoms with Crippen molar-refractivity contribution in [2.45, 2.75) is 40.0 Å². The largest absolute Gasteiger partial charge is 0.494 e. The number of rotatable bonds is 8. The highest BCUT2D eigenvalue weighted by Gasteiger charge is 2.06. The molecule has 0 saturated heterocycles. The summed E-state index contributed by atoms with van der Waals surface area (Å²) in [5.41, 5.74) is 5.82. The Hall–Kier alpha value is -1.82. The molecule has 0 aromatic heterocycles. The van der Waals surface area contributed by atoms with E-state index in [4.69, 9.17) is 17.0 Å². The van der Waals surface area contributed by atoms with Crippen LogP contribution in [0.15, 0.2) is 24.3 Å². The van der Waals surface area contributed by atoms with Crippen LogP contribution in [0.2, 0.25) is 0 Å². The van der Waals surface area contributed by atoms with Crippen molar-refractivity contribution < 1.29 is 9.53 Å². The van der Waals surface area contributed by atoms with E-state index >= 15 is 0 Å². The lowest BCUT2D eigenvalue weighted by molar-refractivity contribution is 0.0943. The van der Waals surface area contributed by atoms with Crippen LogP contribution >= 0.6 is 12.2 Å². The van der Waals surface area contributed by atoms with E-state index in [2.05, 4.69) is 36.9 Å². The number of hydrogen-bond acceptors (Lipinski definition) is 3. The zero-order valence-electron chi connectivity index (χ0n) is 14.1. The molecule has 0 saturated carbocycles. The summed E-state index contributed by atoms with van der Waals surface area (Å²) >= 11 is 5.10. The fraction of sp³-hybridized carbons (Fsp3) is 0.529. The predicted octanol–water partition coefficient (Wildman–Crippen LogP) is 3.02. The highest BCUT2D eigenvalue weighted by molar-refractivity contribution is 7.80. The van der Waals surface area contributed by atoms with Crippen LogP contribution < -0.4 is 20.9 Å². The number of thiocarbonyl (C=S) groups is 1. The summed E-state index contributed by atoms with van der Waals surface area (Å²) in [6.07, 6.45) is 3.14. The van der Waals surface area contributed by atoms with Gasteiger partial charge >= 0.3 is 0 Å². The molecule has 23 heavy (non-hydrogen) atoms. The molecule has 3 N–H and O–H groups in total. The molecule has 5 nitrogen and oxygen atoms in total. The molecule has 0 atom stereocenters. The summed E-state index contributed by atoms with van der Waals surface area (Å²) < 4.78 is 5.56. The maximum absolute atomic E-state index is 12.0. The van der Waals surface area contributed by atoms with E-state index < -0.39 is 0 Å². The molecule has 0 aliphatic carbocycles. The summed E-state index contributed by atoms with van der Waals surface area (Å²) in [7, 11) is 0. The lowest BCUT2D eigenvalue weighted by Crippen LogP contribution is -2.47. The molecule has 0 radical (unpaired) electrons. The van der Waals surface area contributed by atoms with E-state index in [1.54, 1.807) is 24.3 Å². The van der Waals surface area contributed by atoms with Crippen LogP contribution in [0.3, 0.4) is 0 Å². The average Bonchev–Trinajstić information content (AvgIpc) is 2.53. The maximum atomic E-state index is 12.0. The molecule has 1 amide bonds. The smallest absolute Gasteiger partial charge is 0.269 e. The summed E-state index contributed by atoms with van der Waals surface area (Å²) in [6.45, 7) is 7.89. The van der Waals surface area contributed by atoms with Crippen molar-refractivity contribution in [2.24, 2.45) is 5.92 Å². The van der Waals surface area contributed by atoms with Crippen LogP contribution in [-0.4, -0.2) is 24.2 Å². The molecule has 0 bridgehead atoms. The van der Waals surface area contributed by atoms with Gasteiger partial charge in [0.15, 0.2) is 5.11 Å². The lowest BCUT2D eigenvalue weighted by Gasteiger charge is -2.12. The van der Waals surface area contributed by atoms with Gasteiger partial charge in [-0.1, -0.05) is 27.2 Å². The first-order valence-corrected chi connectivity index (χ1v) is 8.50. The van der Waals surface area contributed by atoms with Gasteiger partial charge in [-0.05, 0) is 55.2 Å². The Kier molecular flexibility index (Phi) is 9.05. The second kappa shape index (κ2) is 10.8. The molecule has 0 spiro atoms. The van der Waals surface area contributed by atoms with Crippen molar-refractivity contribution in [3.05, 3.63) is 29.8 Å². The first-order chi connectivity index (χ1) is 11.0. The summed E-state index contributed by atoms with van der Waals surface area (Å²) in [5, 5.41) is 3.46. The second-order valence-electron chi connectivity index (χ2n) is 5.74. The van der Waals surface area contributed by atoms with E-state index in [1.807, 2.05) is 0 Å². The SMILES string of the molecule is CCCCOc1ccc(C(=O)NNC(=S)NCCC(C)C)cc1.